The van der Waals surface area contributed by atoms with E-state index in [1.54, 1.807) is 23.2 Å². The summed E-state index contributed by atoms with van der Waals surface area (Å²) in [7, 11) is 0. The number of amides is 2. The summed E-state index contributed by atoms with van der Waals surface area (Å²) in [5.41, 5.74) is 1.22. The lowest BCUT2D eigenvalue weighted by atomic mass is 10.0. The van der Waals surface area contributed by atoms with Crippen LogP contribution in [0, 0.1) is 17.5 Å². The highest BCUT2D eigenvalue weighted by Crippen LogP contribution is 2.31. The SMILES string of the molecule is O=C(Nc1ccc(F)cc1F)N1CCCCC1c1ncc(-c2cccc(F)c2)[nH]1. The largest absolute Gasteiger partial charge is 0.340 e. The van der Waals surface area contributed by atoms with E-state index in [0.29, 0.717) is 30.0 Å². The molecule has 8 heteroatoms. The Balaban J connectivity index is 1.55. The van der Waals surface area contributed by atoms with Crippen LogP contribution >= 0.6 is 0 Å². The molecule has 0 saturated carbocycles. The Hall–Kier alpha value is -3.29. The van der Waals surface area contributed by atoms with Crippen LogP contribution in [0.25, 0.3) is 11.3 Å². The maximum atomic E-state index is 13.9. The van der Waals surface area contributed by atoms with E-state index in [-0.39, 0.29) is 17.5 Å². The van der Waals surface area contributed by atoms with Crippen molar-refractivity contribution in [2.45, 2.75) is 25.3 Å². The number of aromatic nitrogens is 2. The van der Waals surface area contributed by atoms with Crippen molar-refractivity contribution in [3.63, 3.8) is 0 Å². The number of aromatic amines is 1. The van der Waals surface area contributed by atoms with E-state index in [9.17, 15) is 18.0 Å². The Morgan fingerprint density at radius 2 is 1.93 bits per heavy atom. The minimum absolute atomic E-state index is 0.0828. The van der Waals surface area contributed by atoms with Crippen LogP contribution in [-0.2, 0) is 0 Å². The summed E-state index contributed by atoms with van der Waals surface area (Å²) >= 11 is 0. The Bertz CT molecular complexity index is 1040. The van der Waals surface area contributed by atoms with Crippen LogP contribution in [0.1, 0.15) is 31.1 Å². The van der Waals surface area contributed by atoms with Gasteiger partial charge in [0, 0.05) is 18.2 Å². The zero-order valence-corrected chi connectivity index (χ0v) is 15.5. The van der Waals surface area contributed by atoms with Crippen LogP contribution in [-0.4, -0.2) is 27.4 Å². The average molecular weight is 400 g/mol. The standard InChI is InChI=1S/C21H19F3N4O/c22-14-5-3-4-13(10-14)18-12-25-20(26-18)19-6-1-2-9-28(19)21(29)27-17-8-7-15(23)11-16(17)24/h3-5,7-8,10-12,19H,1-2,6,9H2,(H,25,26)(H,27,29). The number of benzene rings is 2. The number of likely N-dealkylation sites (tertiary alicyclic amines) is 1. The van der Waals surface area contributed by atoms with Gasteiger partial charge in [-0.25, -0.2) is 22.9 Å². The lowest BCUT2D eigenvalue weighted by Crippen LogP contribution is -2.41. The summed E-state index contributed by atoms with van der Waals surface area (Å²) in [5, 5.41) is 2.51. The summed E-state index contributed by atoms with van der Waals surface area (Å²) in [6.07, 6.45) is 4.02. The van der Waals surface area contributed by atoms with Crippen molar-refractivity contribution in [3.05, 3.63) is 71.9 Å². The first kappa shape index (κ1) is 19.0. The molecule has 1 unspecified atom stereocenters. The molecule has 29 heavy (non-hydrogen) atoms. The number of hydrogen-bond donors (Lipinski definition) is 2. The lowest BCUT2D eigenvalue weighted by molar-refractivity contribution is 0.160. The van der Waals surface area contributed by atoms with E-state index >= 15 is 0 Å². The summed E-state index contributed by atoms with van der Waals surface area (Å²) in [6, 6.07) is 8.34. The molecule has 1 aliphatic heterocycles. The van der Waals surface area contributed by atoms with Crippen molar-refractivity contribution in [1.82, 2.24) is 14.9 Å². The number of nitrogens with one attached hydrogen (secondary N) is 2. The van der Waals surface area contributed by atoms with Gasteiger partial charge in [-0.3, -0.25) is 0 Å². The highest BCUT2D eigenvalue weighted by Gasteiger charge is 2.30. The highest BCUT2D eigenvalue weighted by molar-refractivity contribution is 5.89. The lowest BCUT2D eigenvalue weighted by Gasteiger charge is -2.34. The Morgan fingerprint density at radius 1 is 1.10 bits per heavy atom. The van der Waals surface area contributed by atoms with Gasteiger partial charge in [0.2, 0.25) is 0 Å². The molecule has 0 bridgehead atoms. The number of hydrogen-bond acceptors (Lipinski definition) is 2. The van der Waals surface area contributed by atoms with Crippen LogP contribution in [0.15, 0.2) is 48.7 Å². The van der Waals surface area contributed by atoms with Crippen molar-refractivity contribution in [2.75, 3.05) is 11.9 Å². The number of piperidine rings is 1. The van der Waals surface area contributed by atoms with Gasteiger partial charge in [-0.1, -0.05) is 12.1 Å². The molecule has 0 radical (unpaired) electrons. The van der Waals surface area contributed by atoms with E-state index in [4.69, 9.17) is 0 Å². The molecule has 1 aromatic heterocycles. The number of rotatable bonds is 3. The predicted octanol–water partition coefficient (Wildman–Crippen LogP) is 5.25. The molecular weight excluding hydrogens is 381 g/mol. The maximum Gasteiger partial charge on any atom is 0.322 e. The van der Waals surface area contributed by atoms with Gasteiger partial charge in [0.05, 0.1) is 23.6 Å². The number of carbonyl (C=O) groups is 1. The maximum absolute atomic E-state index is 13.9. The quantitative estimate of drug-likeness (QED) is 0.631. The molecule has 0 spiro atoms. The summed E-state index contributed by atoms with van der Waals surface area (Å²) < 4.78 is 40.5. The van der Waals surface area contributed by atoms with Crippen molar-refractivity contribution in [2.24, 2.45) is 0 Å². The number of urea groups is 1. The van der Waals surface area contributed by atoms with Crippen molar-refractivity contribution < 1.29 is 18.0 Å². The number of H-pyrrole nitrogens is 1. The van der Waals surface area contributed by atoms with Gasteiger partial charge in [0.1, 0.15) is 23.3 Å². The van der Waals surface area contributed by atoms with Crippen LogP contribution in [0.3, 0.4) is 0 Å². The van der Waals surface area contributed by atoms with Gasteiger partial charge < -0.3 is 15.2 Å². The highest BCUT2D eigenvalue weighted by atomic mass is 19.1. The Kier molecular flexibility index (Phi) is 5.24. The predicted molar refractivity (Wildman–Crippen MR) is 103 cm³/mol. The Labute approximate surface area is 165 Å². The minimum Gasteiger partial charge on any atom is -0.340 e. The molecule has 1 saturated heterocycles. The normalized spacial score (nSPS) is 16.7. The van der Waals surface area contributed by atoms with Crippen LogP contribution in [0.4, 0.5) is 23.7 Å². The van der Waals surface area contributed by atoms with Gasteiger partial charge in [-0.2, -0.15) is 0 Å². The van der Waals surface area contributed by atoms with Crippen LogP contribution in [0.5, 0.6) is 0 Å². The van der Waals surface area contributed by atoms with Crippen molar-refractivity contribution in [3.8, 4) is 11.3 Å². The second-order valence-electron chi connectivity index (χ2n) is 6.95. The Morgan fingerprint density at radius 3 is 2.72 bits per heavy atom. The van der Waals surface area contributed by atoms with Crippen molar-refractivity contribution in [1.29, 1.82) is 0 Å². The summed E-state index contributed by atoms with van der Waals surface area (Å²) in [5.74, 6) is -1.31. The molecule has 2 N–H and O–H groups in total. The molecule has 4 rings (SSSR count). The number of anilines is 1. The monoisotopic (exact) mass is 400 g/mol. The second-order valence-corrected chi connectivity index (χ2v) is 6.95. The fourth-order valence-corrected chi connectivity index (χ4v) is 3.55. The topological polar surface area (TPSA) is 61.0 Å². The molecule has 150 valence electrons. The molecule has 1 atom stereocenters. The molecule has 1 aliphatic rings. The van der Waals surface area contributed by atoms with Gasteiger partial charge in [-0.05, 0) is 43.5 Å². The molecular formula is C21H19F3N4O. The molecule has 2 heterocycles. The zero-order valence-electron chi connectivity index (χ0n) is 15.5. The number of carbonyl (C=O) groups excluding carboxylic acids is 1. The van der Waals surface area contributed by atoms with E-state index in [0.717, 1.165) is 25.0 Å². The van der Waals surface area contributed by atoms with Gasteiger partial charge in [0.15, 0.2) is 0 Å². The van der Waals surface area contributed by atoms with E-state index in [2.05, 4.69) is 15.3 Å². The third-order valence-corrected chi connectivity index (χ3v) is 4.98. The fourth-order valence-electron chi connectivity index (χ4n) is 3.55. The molecule has 1 fully saturated rings. The number of halogens is 3. The van der Waals surface area contributed by atoms with E-state index in [1.165, 1.54) is 18.2 Å². The van der Waals surface area contributed by atoms with Crippen LogP contribution in [0.2, 0.25) is 0 Å². The number of nitrogens with zero attached hydrogens (tertiary/aromatic N) is 2. The van der Waals surface area contributed by atoms with E-state index in [1.807, 2.05) is 0 Å². The molecule has 5 nitrogen and oxygen atoms in total. The first-order chi connectivity index (χ1) is 14.0. The summed E-state index contributed by atoms with van der Waals surface area (Å²) in [4.78, 5) is 21.9. The van der Waals surface area contributed by atoms with Gasteiger partial charge in [-0.15, -0.1) is 0 Å². The first-order valence-electron chi connectivity index (χ1n) is 9.35. The molecule has 0 aliphatic carbocycles. The summed E-state index contributed by atoms with van der Waals surface area (Å²) in [6.45, 7) is 0.481. The smallest absolute Gasteiger partial charge is 0.322 e. The van der Waals surface area contributed by atoms with Gasteiger partial charge >= 0.3 is 6.03 Å². The first-order valence-corrected chi connectivity index (χ1v) is 9.35. The third-order valence-electron chi connectivity index (χ3n) is 4.98. The number of imidazole rings is 1. The second kappa shape index (κ2) is 7.98. The molecule has 3 aromatic rings. The molecule has 2 aromatic carbocycles. The van der Waals surface area contributed by atoms with Crippen LogP contribution < -0.4 is 5.32 Å². The van der Waals surface area contributed by atoms with Crippen molar-refractivity contribution >= 4 is 11.7 Å². The third kappa shape index (κ3) is 4.11. The minimum atomic E-state index is -0.835. The fraction of sp³-hybridized carbons (Fsp3) is 0.238. The average Bonchev–Trinajstić information content (AvgIpc) is 3.20. The zero-order chi connectivity index (χ0) is 20.4. The van der Waals surface area contributed by atoms with E-state index < -0.39 is 17.7 Å². The molecule has 2 amide bonds. The van der Waals surface area contributed by atoms with Gasteiger partial charge in [0.25, 0.3) is 0 Å².